The zero-order chi connectivity index (χ0) is 18.5. The van der Waals surface area contributed by atoms with Crippen molar-refractivity contribution in [3.8, 4) is 5.75 Å². The molecule has 0 aliphatic carbocycles. The number of hydrogen-bond acceptors (Lipinski definition) is 4. The minimum absolute atomic E-state index is 0.0244. The number of Topliss-reactive ketones (excluding diaryl/α,β-unsaturated/α-hetero) is 1. The van der Waals surface area contributed by atoms with E-state index in [9.17, 15) is 9.59 Å². The molecule has 5 heteroatoms. The third-order valence-corrected chi connectivity index (χ3v) is 4.92. The van der Waals surface area contributed by atoms with Gasteiger partial charge in [0.15, 0.2) is 12.4 Å². The quantitative estimate of drug-likeness (QED) is 0.634. The molecular formula is C21H19NO3S. The third-order valence-electron chi connectivity index (χ3n) is 4.06. The van der Waals surface area contributed by atoms with Crippen molar-refractivity contribution in [3.63, 3.8) is 0 Å². The van der Waals surface area contributed by atoms with Crippen LogP contribution >= 0.6 is 11.3 Å². The molecule has 1 heterocycles. The number of hydrogen-bond donors (Lipinski definition) is 1. The van der Waals surface area contributed by atoms with Crippen molar-refractivity contribution in [2.75, 3.05) is 11.9 Å². The summed E-state index contributed by atoms with van der Waals surface area (Å²) in [5, 5.41) is 4.68. The van der Waals surface area contributed by atoms with Gasteiger partial charge in [-0.05, 0) is 66.8 Å². The van der Waals surface area contributed by atoms with Gasteiger partial charge in [-0.2, -0.15) is 0 Å². The van der Waals surface area contributed by atoms with Crippen LogP contribution in [0, 0.1) is 13.8 Å². The Kier molecular flexibility index (Phi) is 5.49. The highest BCUT2D eigenvalue weighted by Crippen LogP contribution is 2.18. The lowest BCUT2D eigenvalue weighted by atomic mass is 10.0. The summed E-state index contributed by atoms with van der Waals surface area (Å²) < 4.78 is 5.56. The summed E-state index contributed by atoms with van der Waals surface area (Å²) >= 11 is 1.39. The summed E-state index contributed by atoms with van der Waals surface area (Å²) in [6, 6.07) is 16.2. The van der Waals surface area contributed by atoms with E-state index in [-0.39, 0.29) is 18.3 Å². The highest BCUT2D eigenvalue weighted by molar-refractivity contribution is 7.12. The maximum absolute atomic E-state index is 12.2. The number of carbonyl (C=O) groups is 2. The van der Waals surface area contributed by atoms with E-state index >= 15 is 0 Å². The summed E-state index contributed by atoms with van der Waals surface area (Å²) in [6.45, 7) is 3.97. The minimum Gasteiger partial charge on any atom is -0.485 e. The van der Waals surface area contributed by atoms with Crippen molar-refractivity contribution in [1.29, 1.82) is 0 Å². The number of rotatable bonds is 6. The minimum atomic E-state index is -0.140. The molecule has 26 heavy (non-hydrogen) atoms. The molecule has 0 saturated heterocycles. The van der Waals surface area contributed by atoms with Gasteiger partial charge in [0, 0.05) is 11.3 Å². The van der Waals surface area contributed by atoms with Gasteiger partial charge in [0.05, 0.1) is 4.88 Å². The van der Waals surface area contributed by atoms with E-state index in [4.69, 9.17) is 4.74 Å². The molecule has 0 aliphatic rings. The number of carbonyl (C=O) groups excluding carboxylic acids is 2. The molecule has 132 valence electrons. The van der Waals surface area contributed by atoms with Gasteiger partial charge in [-0.25, -0.2) is 0 Å². The van der Waals surface area contributed by atoms with E-state index in [1.165, 1.54) is 11.3 Å². The van der Waals surface area contributed by atoms with Crippen molar-refractivity contribution in [2.24, 2.45) is 0 Å². The molecular weight excluding hydrogens is 346 g/mol. The molecule has 0 aliphatic heterocycles. The molecule has 0 radical (unpaired) electrons. The van der Waals surface area contributed by atoms with E-state index < -0.39 is 0 Å². The zero-order valence-electron chi connectivity index (χ0n) is 14.6. The number of nitrogens with one attached hydrogen (secondary N) is 1. The zero-order valence-corrected chi connectivity index (χ0v) is 15.4. The monoisotopic (exact) mass is 365 g/mol. The van der Waals surface area contributed by atoms with Crippen LogP contribution in [0.1, 0.15) is 31.2 Å². The lowest BCUT2D eigenvalue weighted by Gasteiger charge is -2.08. The average molecular weight is 365 g/mol. The number of ether oxygens (including phenoxy) is 1. The van der Waals surface area contributed by atoms with Gasteiger partial charge >= 0.3 is 0 Å². The molecule has 0 fully saturated rings. The van der Waals surface area contributed by atoms with Crippen LogP contribution in [0.2, 0.25) is 0 Å². The molecule has 0 unspecified atom stereocenters. The second kappa shape index (κ2) is 7.97. The van der Waals surface area contributed by atoms with Crippen LogP contribution in [0.4, 0.5) is 5.69 Å². The smallest absolute Gasteiger partial charge is 0.265 e. The van der Waals surface area contributed by atoms with Gasteiger partial charge in [-0.15, -0.1) is 11.3 Å². The van der Waals surface area contributed by atoms with Gasteiger partial charge in [0.1, 0.15) is 5.75 Å². The number of amides is 1. The van der Waals surface area contributed by atoms with E-state index in [1.54, 1.807) is 30.3 Å². The van der Waals surface area contributed by atoms with Gasteiger partial charge in [-0.3, -0.25) is 9.59 Å². The maximum atomic E-state index is 12.2. The second-order valence-electron chi connectivity index (χ2n) is 5.97. The Morgan fingerprint density at radius 3 is 2.42 bits per heavy atom. The maximum Gasteiger partial charge on any atom is 0.265 e. The van der Waals surface area contributed by atoms with Crippen LogP contribution in [0.15, 0.2) is 60.0 Å². The van der Waals surface area contributed by atoms with Crippen molar-refractivity contribution in [1.82, 2.24) is 0 Å². The van der Waals surface area contributed by atoms with E-state index in [0.717, 1.165) is 11.1 Å². The fourth-order valence-corrected chi connectivity index (χ4v) is 3.00. The molecule has 1 N–H and O–H groups in total. The van der Waals surface area contributed by atoms with Gasteiger partial charge in [0.2, 0.25) is 0 Å². The first-order valence-corrected chi connectivity index (χ1v) is 9.09. The summed E-state index contributed by atoms with van der Waals surface area (Å²) in [5.74, 6) is 0.373. The van der Waals surface area contributed by atoms with Crippen LogP contribution in [0.5, 0.6) is 5.75 Å². The van der Waals surface area contributed by atoms with E-state index in [0.29, 0.717) is 21.9 Å². The summed E-state index contributed by atoms with van der Waals surface area (Å²) in [6.07, 6.45) is 0. The first-order valence-electron chi connectivity index (χ1n) is 8.21. The van der Waals surface area contributed by atoms with Crippen LogP contribution in [0.25, 0.3) is 0 Å². The highest BCUT2D eigenvalue weighted by atomic mass is 32.1. The number of anilines is 1. The lowest BCUT2D eigenvalue weighted by molar-refractivity contribution is 0.0921. The first kappa shape index (κ1) is 17.9. The van der Waals surface area contributed by atoms with E-state index in [1.807, 2.05) is 43.5 Å². The molecule has 0 atom stereocenters. The second-order valence-corrected chi connectivity index (χ2v) is 6.91. The third kappa shape index (κ3) is 4.37. The number of ketones is 1. The Morgan fingerprint density at radius 2 is 1.77 bits per heavy atom. The predicted molar refractivity (Wildman–Crippen MR) is 104 cm³/mol. The highest BCUT2D eigenvalue weighted by Gasteiger charge is 2.09. The average Bonchev–Trinajstić information content (AvgIpc) is 3.18. The summed E-state index contributed by atoms with van der Waals surface area (Å²) in [5.41, 5.74) is 3.56. The van der Waals surface area contributed by atoms with Gasteiger partial charge < -0.3 is 10.1 Å². The summed E-state index contributed by atoms with van der Waals surface area (Å²) in [7, 11) is 0. The van der Waals surface area contributed by atoms with Crippen molar-refractivity contribution in [3.05, 3.63) is 81.5 Å². The largest absolute Gasteiger partial charge is 0.485 e. The van der Waals surface area contributed by atoms with Crippen LogP contribution < -0.4 is 10.1 Å². The van der Waals surface area contributed by atoms with Gasteiger partial charge in [-0.1, -0.05) is 18.2 Å². The Balaban J connectivity index is 1.56. The molecule has 1 amide bonds. The number of benzene rings is 2. The van der Waals surface area contributed by atoms with Crippen LogP contribution in [0.3, 0.4) is 0 Å². The molecule has 0 saturated carbocycles. The first-order chi connectivity index (χ1) is 12.5. The van der Waals surface area contributed by atoms with Crippen molar-refractivity contribution >= 4 is 28.7 Å². The molecule has 3 aromatic rings. The molecule has 3 rings (SSSR count). The molecule has 4 nitrogen and oxygen atoms in total. The standard InChI is InChI=1S/C21H19NO3S/c1-14-5-6-16(12-15(14)2)19(23)13-25-18-9-7-17(8-10-18)22-21(24)20-4-3-11-26-20/h3-12H,13H2,1-2H3,(H,22,24). The Hall–Kier alpha value is -2.92. The Morgan fingerprint density at radius 1 is 1.00 bits per heavy atom. The van der Waals surface area contributed by atoms with Gasteiger partial charge in [0.25, 0.3) is 5.91 Å². The lowest BCUT2D eigenvalue weighted by Crippen LogP contribution is -2.12. The number of thiophene rings is 1. The Labute approximate surface area is 156 Å². The molecule has 0 bridgehead atoms. The van der Waals surface area contributed by atoms with E-state index in [2.05, 4.69) is 5.32 Å². The normalized spacial score (nSPS) is 10.4. The predicted octanol–water partition coefficient (Wildman–Crippen LogP) is 4.88. The summed E-state index contributed by atoms with van der Waals surface area (Å²) in [4.78, 5) is 24.9. The van der Waals surface area contributed by atoms with Crippen LogP contribution in [-0.4, -0.2) is 18.3 Å². The van der Waals surface area contributed by atoms with Crippen molar-refractivity contribution in [2.45, 2.75) is 13.8 Å². The number of aryl methyl sites for hydroxylation is 2. The van der Waals surface area contributed by atoms with Crippen molar-refractivity contribution < 1.29 is 14.3 Å². The molecule has 2 aromatic carbocycles. The Bertz CT molecular complexity index is 915. The topological polar surface area (TPSA) is 55.4 Å². The molecule has 1 aromatic heterocycles. The molecule has 0 spiro atoms. The fourth-order valence-electron chi connectivity index (χ4n) is 2.38. The van der Waals surface area contributed by atoms with Crippen LogP contribution in [-0.2, 0) is 0 Å². The fraction of sp³-hybridized carbons (Fsp3) is 0.143. The SMILES string of the molecule is Cc1ccc(C(=O)COc2ccc(NC(=O)c3cccs3)cc2)cc1C.